The first-order valence-corrected chi connectivity index (χ1v) is 7.85. The van der Waals surface area contributed by atoms with Crippen molar-refractivity contribution in [1.29, 1.82) is 0 Å². The highest BCUT2D eigenvalue weighted by molar-refractivity contribution is 5.40. The standard InChI is InChI=1S/C19H22NO2/c1-21-18-10-6-5-9-17(18)19(15-7-3-2-4-8-15)22-16-11-13-20-14-12-16/h2-10,16,19H,11-14H2,1H3. The maximum Gasteiger partial charge on any atom is 0.125 e. The fourth-order valence-corrected chi connectivity index (χ4v) is 2.90. The van der Waals surface area contributed by atoms with Gasteiger partial charge in [-0.3, -0.25) is 0 Å². The van der Waals surface area contributed by atoms with Gasteiger partial charge in [-0.15, -0.1) is 0 Å². The highest BCUT2D eigenvalue weighted by Gasteiger charge is 2.24. The Morgan fingerprint density at radius 1 is 0.955 bits per heavy atom. The Morgan fingerprint density at radius 2 is 1.64 bits per heavy atom. The molecule has 3 nitrogen and oxygen atoms in total. The zero-order chi connectivity index (χ0) is 15.2. The molecule has 0 aromatic heterocycles. The van der Waals surface area contributed by atoms with Gasteiger partial charge in [0.1, 0.15) is 11.9 Å². The van der Waals surface area contributed by atoms with Gasteiger partial charge in [-0.05, 0) is 24.5 Å². The summed E-state index contributed by atoms with van der Waals surface area (Å²) in [6.07, 6.45) is 2.16. The molecule has 3 heteroatoms. The molecular formula is C19H22NO2. The van der Waals surface area contributed by atoms with E-state index < -0.39 is 0 Å². The molecule has 0 N–H and O–H groups in total. The van der Waals surface area contributed by atoms with Crippen LogP contribution in [-0.2, 0) is 4.74 Å². The molecule has 115 valence electrons. The topological polar surface area (TPSA) is 32.6 Å². The van der Waals surface area contributed by atoms with Gasteiger partial charge in [0.15, 0.2) is 0 Å². The van der Waals surface area contributed by atoms with Crippen LogP contribution >= 0.6 is 0 Å². The van der Waals surface area contributed by atoms with Crippen LogP contribution in [0.1, 0.15) is 30.1 Å². The Morgan fingerprint density at radius 3 is 2.36 bits per heavy atom. The molecule has 0 spiro atoms. The van der Waals surface area contributed by atoms with Gasteiger partial charge in [-0.25, -0.2) is 5.32 Å². The molecule has 1 saturated heterocycles. The van der Waals surface area contributed by atoms with Crippen molar-refractivity contribution in [1.82, 2.24) is 5.32 Å². The van der Waals surface area contributed by atoms with E-state index in [1.807, 2.05) is 24.3 Å². The van der Waals surface area contributed by atoms with Crippen molar-refractivity contribution in [3.63, 3.8) is 0 Å². The van der Waals surface area contributed by atoms with E-state index in [2.05, 4.69) is 35.6 Å². The third kappa shape index (κ3) is 3.49. The van der Waals surface area contributed by atoms with Gasteiger partial charge < -0.3 is 9.47 Å². The quantitative estimate of drug-likeness (QED) is 0.845. The number of nitrogens with zero attached hydrogens (tertiary/aromatic N) is 1. The van der Waals surface area contributed by atoms with Gasteiger partial charge in [-0.2, -0.15) is 0 Å². The molecule has 2 aromatic rings. The average molecular weight is 296 g/mol. The van der Waals surface area contributed by atoms with Crippen LogP contribution in [0.3, 0.4) is 0 Å². The summed E-state index contributed by atoms with van der Waals surface area (Å²) in [6, 6.07) is 18.5. The number of hydrogen-bond acceptors (Lipinski definition) is 2. The fourth-order valence-electron chi connectivity index (χ4n) is 2.90. The van der Waals surface area contributed by atoms with Crippen LogP contribution in [0.25, 0.3) is 0 Å². The van der Waals surface area contributed by atoms with E-state index in [4.69, 9.17) is 9.47 Å². The first kappa shape index (κ1) is 15.1. The minimum Gasteiger partial charge on any atom is -0.496 e. The lowest BCUT2D eigenvalue weighted by molar-refractivity contribution is -0.00938. The maximum absolute atomic E-state index is 6.47. The number of benzene rings is 2. The van der Waals surface area contributed by atoms with E-state index in [0.717, 1.165) is 42.8 Å². The molecule has 1 aliphatic heterocycles. The number of methoxy groups -OCH3 is 1. The van der Waals surface area contributed by atoms with Gasteiger partial charge in [0, 0.05) is 18.7 Å². The van der Waals surface area contributed by atoms with Crippen molar-refractivity contribution in [2.24, 2.45) is 0 Å². The minimum atomic E-state index is -0.0968. The lowest BCUT2D eigenvalue weighted by Gasteiger charge is -2.29. The van der Waals surface area contributed by atoms with Crippen LogP contribution in [0, 0.1) is 0 Å². The van der Waals surface area contributed by atoms with E-state index >= 15 is 0 Å². The third-order valence-corrected chi connectivity index (χ3v) is 4.07. The predicted octanol–water partition coefficient (Wildman–Crippen LogP) is 3.57. The van der Waals surface area contributed by atoms with Gasteiger partial charge in [0.25, 0.3) is 0 Å². The summed E-state index contributed by atoms with van der Waals surface area (Å²) >= 11 is 0. The monoisotopic (exact) mass is 296 g/mol. The number of piperidine rings is 1. The van der Waals surface area contributed by atoms with Crippen LogP contribution in [0.15, 0.2) is 54.6 Å². The summed E-state index contributed by atoms with van der Waals surface area (Å²) < 4.78 is 12.0. The fraction of sp³-hybridized carbons (Fsp3) is 0.368. The van der Waals surface area contributed by atoms with Gasteiger partial charge in [0.2, 0.25) is 0 Å². The van der Waals surface area contributed by atoms with Crippen molar-refractivity contribution in [2.75, 3.05) is 20.2 Å². The highest BCUT2D eigenvalue weighted by atomic mass is 16.5. The lowest BCUT2D eigenvalue weighted by atomic mass is 9.99. The van der Waals surface area contributed by atoms with Gasteiger partial charge in [0.05, 0.1) is 13.2 Å². The first-order valence-electron chi connectivity index (χ1n) is 7.85. The second-order valence-electron chi connectivity index (χ2n) is 5.54. The predicted molar refractivity (Wildman–Crippen MR) is 87.3 cm³/mol. The van der Waals surface area contributed by atoms with E-state index in [9.17, 15) is 0 Å². The van der Waals surface area contributed by atoms with Crippen LogP contribution < -0.4 is 10.1 Å². The summed E-state index contributed by atoms with van der Waals surface area (Å²) in [7, 11) is 1.71. The molecule has 22 heavy (non-hydrogen) atoms. The molecule has 0 bridgehead atoms. The van der Waals surface area contributed by atoms with Gasteiger partial charge >= 0.3 is 0 Å². The Kier molecular flexibility index (Phi) is 5.09. The molecule has 2 aromatic carbocycles. The molecule has 1 aliphatic rings. The number of ether oxygens (including phenoxy) is 2. The van der Waals surface area contributed by atoms with Crippen molar-refractivity contribution < 1.29 is 9.47 Å². The average Bonchev–Trinajstić information content (AvgIpc) is 2.61. The summed E-state index contributed by atoms with van der Waals surface area (Å²) in [4.78, 5) is 0. The van der Waals surface area contributed by atoms with Crippen molar-refractivity contribution in [3.05, 3.63) is 65.7 Å². The highest BCUT2D eigenvalue weighted by Crippen LogP contribution is 2.34. The number of hydrogen-bond donors (Lipinski definition) is 0. The van der Waals surface area contributed by atoms with Crippen LogP contribution in [0.4, 0.5) is 0 Å². The zero-order valence-corrected chi connectivity index (χ0v) is 12.9. The molecule has 1 fully saturated rings. The Labute approximate surface area is 132 Å². The van der Waals surface area contributed by atoms with E-state index in [1.165, 1.54) is 0 Å². The second-order valence-corrected chi connectivity index (χ2v) is 5.54. The van der Waals surface area contributed by atoms with Crippen LogP contribution in [-0.4, -0.2) is 26.3 Å². The molecular weight excluding hydrogens is 274 g/mol. The molecule has 1 heterocycles. The number of para-hydroxylation sites is 1. The van der Waals surface area contributed by atoms with E-state index in [1.54, 1.807) is 7.11 Å². The molecule has 0 aliphatic carbocycles. The summed E-state index contributed by atoms with van der Waals surface area (Å²) in [5.41, 5.74) is 2.24. The number of rotatable bonds is 5. The molecule has 0 amide bonds. The van der Waals surface area contributed by atoms with Crippen molar-refractivity contribution in [2.45, 2.75) is 25.0 Å². The zero-order valence-electron chi connectivity index (χ0n) is 12.9. The molecule has 1 radical (unpaired) electrons. The van der Waals surface area contributed by atoms with Crippen LogP contribution in [0.2, 0.25) is 0 Å². The van der Waals surface area contributed by atoms with Crippen LogP contribution in [0.5, 0.6) is 5.75 Å². The lowest BCUT2D eigenvalue weighted by Crippen LogP contribution is -2.29. The maximum atomic E-state index is 6.47. The minimum absolute atomic E-state index is 0.0968. The molecule has 3 rings (SSSR count). The van der Waals surface area contributed by atoms with Gasteiger partial charge in [-0.1, -0.05) is 48.5 Å². The summed E-state index contributed by atoms with van der Waals surface area (Å²) in [5, 5.41) is 4.41. The first-order chi connectivity index (χ1) is 10.9. The van der Waals surface area contributed by atoms with Crippen molar-refractivity contribution in [3.8, 4) is 5.75 Å². The molecule has 0 saturated carbocycles. The van der Waals surface area contributed by atoms with E-state index in [-0.39, 0.29) is 12.2 Å². The Balaban J connectivity index is 1.91. The SMILES string of the molecule is COc1ccccc1C(OC1CC[N]CC1)c1ccccc1. The smallest absolute Gasteiger partial charge is 0.125 e. The Bertz CT molecular complexity index is 579. The third-order valence-electron chi connectivity index (χ3n) is 4.07. The normalized spacial score (nSPS) is 17.1. The van der Waals surface area contributed by atoms with Crippen molar-refractivity contribution >= 4 is 0 Å². The largest absolute Gasteiger partial charge is 0.496 e. The molecule has 1 unspecified atom stereocenters. The Hall–Kier alpha value is -1.84. The van der Waals surface area contributed by atoms with E-state index in [0.29, 0.717) is 0 Å². The summed E-state index contributed by atoms with van der Waals surface area (Å²) in [6.45, 7) is 1.80. The second kappa shape index (κ2) is 7.43. The molecule has 1 atom stereocenters. The summed E-state index contributed by atoms with van der Waals surface area (Å²) in [5.74, 6) is 0.872.